The van der Waals surface area contributed by atoms with E-state index < -0.39 is 0 Å². The summed E-state index contributed by atoms with van der Waals surface area (Å²) >= 11 is 0. The zero-order valence-corrected chi connectivity index (χ0v) is 12.3. The number of hydrogen-bond donors (Lipinski definition) is 0. The van der Waals surface area contributed by atoms with Crippen LogP contribution in [0, 0.1) is 0 Å². The third-order valence-corrected chi connectivity index (χ3v) is 2.46. The maximum absolute atomic E-state index is 11.7. The molecule has 0 amide bonds. The monoisotopic (exact) mass is 282 g/mol. The first kappa shape index (κ1) is 16.3. The normalized spacial score (nSPS) is 10.2. The standard InChI is InChI=1S/C15H22O5/c1-4-8-19-14-11-12(15(16)18-5-2)6-7-13(14)20-10-9-17-3/h6-7,11H,4-5,8-10H2,1-3H3. The molecule has 0 aliphatic rings. The van der Waals surface area contributed by atoms with Crippen LogP contribution in [0.15, 0.2) is 18.2 Å². The van der Waals surface area contributed by atoms with E-state index in [1.54, 1.807) is 32.2 Å². The molecule has 0 radical (unpaired) electrons. The second-order valence-electron chi connectivity index (χ2n) is 4.07. The van der Waals surface area contributed by atoms with Crippen molar-refractivity contribution in [2.75, 3.05) is 33.5 Å². The maximum Gasteiger partial charge on any atom is 0.338 e. The maximum atomic E-state index is 11.7. The summed E-state index contributed by atoms with van der Waals surface area (Å²) in [5.41, 5.74) is 0.456. The van der Waals surface area contributed by atoms with Gasteiger partial charge in [0.2, 0.25) is 0 Å². The van der Waals surface area contributed by atoms with E-state index in [0.717, 1.165) is 6.42 Å². The van der Waals surface area contributed by atoms with Gasteiger partial charge in [0.1, 0.15) is 6.61 Å². The van der Waals surface area contributed by atoms with Gasteiger partial charge in [-0.05, 0) is 31.5 Å². The summed E-state index contributed by atoms with van der Waals surface area (Å²) < 4.78 is 21.1. The minimum atomic E-state index is -0.364. The lowest BCUT2D eigenvalue weighted by molar-refractivity contribution is 0.0525. The van der Waals surface area contributed by atoms with Crippen LogP contribution in [0.5, 0.6) is 11.5 Å². The Bertz CT molecular complexity index is 417. The molecule has 0 heterocycles. The van der Waals surface area contributed by atoms with Gasteiger partial charge in [0.05, 0.1) is 25.4 Å². The second-order valence-corrected chi connectivity index (χ2v) is 4.07. The van der Waals surface area contributed by atoms with Gasteiger partial charge < -0.3 is 18.9 Å². The zero-order chi connectivity index (χ0) is 14.8. The van der Waals surface area contributed by atoms with Gasteiger partial charge in [-0.1, -0.05) is 6.92 Å². The topological polar surface area (TPSA) is 54.0 Å². The number of ether oxygens (including phenoxy) is 4. The molecule has 0 fully saturated rings. The molecule has 0 aliphatic carbocycles. The van der Waals surface area contributed by atoms with E-state index in [1.807, 2.05) is 6.92 Å². The van der Waals surface area contributed by atoms with Crippen molar-refractivity contribution in [3.05, 3.63) is 23.8 Å². The molecule has 5 heteroatoms. The fourth-order valence-corrected chi connectivity index (χ4v) is 1.53. The van der Waals surface area contributed by atoms with Gasteiger partial charge in [0.15, 0.2) is 11.5 Å². The predicted molar refractivity (Wildman–Crippen MR) is 75.6 cm³/mol. The average Bonchev–Trinajstić information content (AvgIpc) is 2.46. The van der Waals surface area contributed by atoms with E-state index in [1.165, 1.54) is 0 Å². The highest BCUT2D eigenvalue weighted by molar-refractivity contribution is 5.90. The molecule has 1 aromatic carbocycles. The Hall–Kier alpha value is -1.75. The van der Waals surface area contributed by atoms with Crippen LogP contribution < -0.4 is 9.47 Å². The Kier molecular flexibility index (Phi) is 7.50. The van der Waals surface area contributed by atoms with Crippen LogP contribution in [-0.4, -0.2) is 39.5 Å². The molecule has 1 rings (SSSR count). The first-order valence-corrected chi connectivity index (χ1v) is 6.78. The molecular weight excluding hydrogens is 260 g/mol. The molecule has 112 valence electrons. The Morgan fingerprint density at radius 1 is 1.05 bits per heavy atom. The lowest BCUT2D eigenvalue weighted by Gasteiger charge is -2.13. The second kappa shape index (κ2) is 9.20. The van der Waals surface area contributed by atoms with Gasteiger partial charge >= 0.3 is 5.97 Å². The average molecular weight is 282 g/mol. The predicted octanol–water partition coefficient (Wildman–Crippen LogP) is 2.68. The minimum Gasteiger partial charge on any atom is -0.490 e. The number of rotatable bonds is 9. The van der Waals surface area contributed by atoms with E-state index in [9.17, 15) is 4.79 Å². The van der Waals surface area contributed by atoms with Crippen molar-refractivity contribution in [3.63, 3.8) is 0 Å². The van der Waals surface area contributed by atoms with Crippen LogP contribution >= 0.6 is 0 Å². The van der Waals surface area contributed by atoms with Gasteiger partial charge in [-0.2, -0.15) is 0 Å². The number of hydrogen-bond acceptors (Lipinski definition) is 5. The smallest absolute Gasteiger partial charge is 0.338 e. The highest BCUT2D eigenvalue weighted by Crippen LogP contribution is 2.29. The van der Waals surface area contributed by atoms with E-state index in [4.69, 9.17) is 18.9 Å². The summed E-state index contributed by atoms with van der Waals surface area (Å²) in [6, 6.07) is 5.03. The molecule has 1 aromatic rings. The summed E-state index contributed by atoms with van der Waals surface area (Å²) in [6.45, 7) is 5.61. The van der Waals surface area contributed by atoms with E-state index in [-0.39, 0.29) is 5.97 Å². The van der Waals surface area contributed by atoms with Crippen LogP contribution in [0.2, 0.25) is 0 Å². The van der Waals surface area contributed by atoms with E-state index in [0.29, 0.717) is 43.5 Å². The number of carbonyl (C=O) groups is 1. The molecule has 0 aromatic heterocycles. The van der Waals surface area contributed by atoms with Crippen molar-refractivity contribution < 1.29 is 23.7 Å². The summed E-state index contributed by atoms with van der Waals surface area (Å²) in [7, 11) is 1.61. The van der Waals surface area contributed by atoms with Gasteiger partial charge in [-0.15, -0.1) is 0 Å². The largest absolute Gasteiger partial charge is 0.490 e. The van der Waals surface area contributed by atoms with Gasteiger partial charge in [0, 0.05) is 7.11 Å². The third-order valence-electron chi connectivity index (χ3n) is 2.46. The van der Waals surface area contributed by atoms with Crippen molar-refractivity contribution in [2.24, 2.45) is 0 Å². The van der Waals surface area contributed by atoms with Crippen LogP contribution in [-0.2, 0) is 9.47 Å². The lowest BCUT2D eigenvalue weighted by Crippen LogP contribution is -2.08. The molecule has 0 unspecified atom stereocenters. The molecular formula is C15H22O5. The molecule has 5 nitrogen and oxygen atoms in total. The first-order chi connectivity index (χ1) is 9.72. The lowest BCUT2D eigenvalue weighted by atomic mass is 10.2. The first-order valence-electron chi connectivity index (χ1n) is 6.78. The fraction of sp³-hybridized carbons (Fsp3) is 0.533. The third kappa shape index (κ3) is 5.09. The van der Waals surface area contributed by atoms with Crippen molar-refractivity contribution in [1.82, 2.24) is 0 Å². The molecule has 0 spiro atoms. The van der Waals surface area contributed by atoms with Crippen LogP contribution in [0.3, 0.4) is 0 Å². The number of benzene rings is 1. The fourth-order valence-electron chi connectivity index (χ4n) is 1.53. The Balaban J connectivity index is 2.84. The Morgan fingerprint density at radius 3 is 2.45 bits per heavy atom. The van der Waals surface area contributed by atoms with Crippen molar-refractivity contribution in [2.45, 2.75) is 20.3 Å². The SMILES string of the molecule is CCCOc1cc(C(=O)OCC)ccc1OCCOC. The molecule has 0 N–H and O–H groups in total. The van der Waals surface area contributed by atoms with Crippen molar-refractivity contribution in [3.8, 4) is 11.5 Å². The Morgan fingerprint density at radius 2 is 1.80 bits per heavy atom. The molecule has 20 heavy (non-hydrogen) atoms. The van der Waals surface area contributed by atoms with Crippen LogP contribution in [0.1, 0.15) is 30.6 Å². The molecule has 0 saturated heterocycles. The highest BCUT2D eigenvalue weighted by atomic mass is 16.5. The van der Waals surface area contributed by atoms with Crippen LogP contribution in [0.25, 0.3) is 0 Å². The highest BCUT2D eigenvalue weighted by Gasteiger charge is 2.12. The van der Waals surface area contributed by atoms with Crippen molar-refractivity contribution >= 4 is 5.97 Å². The number of methoxy groups -OCH3 is 1. The van der Waals surface area contributed by atoms with Gasteiger partial charge in [0.25, 0.3) is 0 Å². The van der Waals surface area contributed by atoms with Gasteiger partial charge in [-0.25, -0.2) is 4.79 Å². The van der Waals surface area contributed by atoms with Gasteiger partial charge in [-0.3, -0.25) is 0 Å². The quantitative estimate of drug-likeness (QED) is 0.515. The minimum absolute atomic E-state index is 0.343. The Labute approximate surface area is 119 Å². The molecule has 0 atom stereocenters. The number of carbonyl (C=O) groups excluding carboxylic acids is 1. The molecule has 0 saturated carbocycles. The summed E-state index contributed by atoms with van der Waals surface area (Å²) in [5.74, 6) is 0.786. The number of esters is 1. The van der Waals surface area contributed by atoms with Crippen LogP contribution in [0.4, 0.5) is 0 Å². The van der Waals surface area contributed by atoms with Crippen molar-refractivity contribution in [1.29, 1.82) is 0 Å². The summed E-state index contributed by atoms with van der Waals surface area (Å²) in [6.07, 6.45) is 0.876. The van der Waals surface area contributed by atoms with E-state index >= 15 is 0 Å². The zero-order valence-electron chi connectivity index (χ0n) is 12.3. The molecule has 0 bridgehead atoms. The summed E-state index contributed by atoms with van der Waals surface area (Å²) in [4.78, 5) is 11.7. The molecule has 0 aliphatic heterocycles. The van der Waals surface area contributed by atoms with E-state index in [2.05, 4.69) is 0 Å². The summed E-state index contributed by atoms with van der Waals surface area (Å²) in [5, 5.41) is 0.